The first-order chi connectivity index (χ1) is 5.65. The van der Waals surface area contributed by atoms with E-state index >= 15 is 0 Å². The zero-order valence-corrected chi connectivity index (χ0v) is 5.97. The van der Waals surface area contributed by atoms with Crippen molar-refractivity contribution in [2.45, 2.75) is 6.04 Å². The van der Waals surface area contributed by atoms with Crippen molar-refractivity contribution < 1.29 is 19.5 Å². The van der Waals surface area contributed by atoms with Crippen LogP contribution in [0.1, 0.15) is 22.6 Å². The van der Waals surface area contributed by atoms with Crippen LogP contribution in [0, 0.1) is 0 Å². The summed E-state index contributed by atoms with van der Waals surface area (Å²) in [5.74, 6) is -1.85. The number of hydrogen-bond acceptors (Lipinski definition) is 6. The quantitative estimate of drug-likeness (QED) is 0.522. The third-order valence-corrected chi connectivity index (χ3v) is 1.15. The summed E-state index contributed by atoms with van der Waals surface area (Å²) in [7, 11) is 0. The number of hydrogen-bond donors (Lipinski definition) is 3. The van der Waals surface area contributed by atoms with Gasteiger partial charge in [0.15, 0.2) is 0 Å². The van der Waals surface area contributed by atoms with E-state index in [4.69, 9.17) is 15.9 Å². The molecule has 7 heteroatoms. The Labute approximate surface area is 66.8 Å². The van der Waals surface area contributed by atoms with Crippen LogP contribution >= 0.6 is 0 Å². The van der Waals surface area contributed by atoms with Gasteiger partial charge >= 0.3 is 5.97 Å². The first-order valence-electron chi connectivity index (χ1n) is 3.08. The van der Waals surface area contributed by atoms with E-state index in [1.54, 1.807) is 0 Å². The zero-order valence-electron chi connectivity index (χ0n) is 5.97. The van der Waals surface area contributed by atoms with Gasteiger partial charge in [-0.2, -0.15) is 4.98 Å². The summed E-state index contributed by atoms with van der Waals surface area (Å²) in [6.07, 6.45) is 0. The Morgan fingerprint density at radius 2 is 2.42 bits per heavy atom. The minimum Gasteiger partial charge on any atom is -0.475 e. The summed E-state index contributed by atoms with van der Waals surface area (Å²) in [5, 5.41) is 20.0. The highest BCUT2D eigenvalue weighted by atomic mass is 16.5. The maximum atomic E-state index is 10.2. The molecule has 1 rings (SSSR count). The SMILES string of the molecule is N[C@H](CO)c1nc(C(=O)O)no1. The van der Waals surface area contributed by atoms with Crippen LogP contribution in [0.4, 0.5) is 0 Å². The molecule has 1 heterocycles. The van der Waals surface area contributed by atoms with Gasteiger partial charge in [0, 0.05) is 0 Å². The molecule has 1 aromatic rings. The third kappa shape index (κ3) is 1.57. The minimum absolute atomic E-state index is 0.0881. The van der Waals surface area contributed by atoms with Gasteiger partial charge in [-0.05, 0) is 5.16 Å². The highest BCUT2D eigenvalue weighted by Gasteiger charge is 2.17. The number of carbonyl (C=O) groups is 1. The Balaban J connectivity index is 2.84. The van der Waals surface area contributed by atoms with Gasteiger partial charge in [-0.15, -0.1) is 0 Å². The molecule has 1 aromatic heterocycles. The van der Waals surface area contributed by atoms with Gasteiger partial charge in [0.2, 0.25) is 5.89 Å². The number of carboxylic acids is 1. The lowest BCUT2D eigenvalue weighted by molar-refractivity contribution is 0.0680. The molecule has 0 bridgehead atoms. The summed E-state index contributed by atoms with van der Waals surface area (Å²) >= 11 is 0. The normalized spacial score (nSPS) is 12.8. The second-order valence-electron chi connectivity index (χ2n) is 2.05. The maximum Gasteiger partial charge on any atom is 0.377 e. The van der Waals surface area contributed by atoms with E-state index < -0.39 is 17.8 Å². The van der Waals surface area contributed by atoms with Crippen molar-refractivity contribution in [3.8, 4) is 0 Å². The molecule has 66 valence electrons. The Morgan fingerprint density at radius 3 is 2.83 bits per heavy atom. The average molecular weight is 173 g/mol. The Bertz CT molecular complexity index is 284. The van der Waals surface area contributed by atoms with Crippen molar-refractivity contribution in [3.63, 3.8) is 0 Å². The fraction of sp³-hybridized carbons (Fsp3) is 0.400. The summed E-state index contributed by atoms with van der Waals surface area (Å²) in [5.41, 5.74) is 5.27. The van der Waals surface area contributed by atoms with Crippen molar-refractivity contribution in [2.75, 3.05) is 6.61 Å². The molecule has 0 unspecified atom stereocenters. The largest absolute Gasteiger partial charge is 0.475 e. The molecule has 0 aliphatic carbocycles. The van der Waals surface area contributed by atoms with Crippen molar-refractivity contribution in [1.29, 1.82) is 0 Å². The van der Waals surface area contributed by atoms with Gasteiger partial charge in [-0.25, -0.2) is 4.79 Å². The molecule has 0 aliphatic heterocycles. The van der Waals surface area contributed by atoms with Crippen LogP contribution in [0.5, 0.6) is 0 Å². The van der Waals surface area contributed by atoms with Gasteiger partial charge in [0.25, 0.3) is 5.82 Å². The van der Waals surface area contributed by atoms with Crippen LogP contribution in [0.3, 0.4) is 0 Å². The van der Waals surface area contributed by atoms with E-state index in [0.717, 1.165) is 0 Å². The van der Waals surface area contributed by atoms with Crippen LogP contribution in [0.25, 0.3) is 0 Å². The van der Waals surface area contributed by atoms with Crippen LogP contribution in [-0.4, -0.2) is 32.9 Å². The molecule has 7 nitrogen and oxygen atoms in total. The fourth-order valence-electron chi connectivity index (χ4n) is 0.551. The highest BCUT2D eigenvalue weighted by molar-refractivity contribution is 5.82. The van der Waals surface area contributed by atoms with Crippen LogP contribution in [0.2, 0.25) is 0 Å². The van der Waals surface area contributed by atoms with Gasteiger partial charge in [0.1, 0.15) is 6.04 Å². The molecule has 4 N–H and O–H groups in total. The topological polar surface area (TPSA) is 122 Å². The molecular weight excluding hydrogens is 166 g/mol. The van der Waals surface area contributed by atoms with Crippen molar-refractivity contribution in [1.82, 2.24) is 10.1 Å². The summed E-state index contributed by atoms with van der Waals surface area (Å²) in [6.45, 7) is -0.374. The van der Waals surface area contributed by atoms with E-state index in [1.807, 2.05) is 0 Å². The standard InChI is InChI=1S/C5H7N3O4/c6-2(1-9)4-7-3(5(10)11)8-12-4/h2,9H,1,6H2,(H,10,11)/t2-/m1/s1. The monoisotopic (exact) mass is 173 g/mol. The maximum absolute atomic E-state index is 10.2. The Hall–Kier alpha value is -1.47. The molecule has 0 aliphatic rings. The average Bonchev–Trinajstić information content (AvgIpc) is 2.51. The molecule has 1 atom stereocenters. The molecule has 0 spiro atoms. The number of aromatic carboxylic acids is 1. The number of aliphatic hydroxyl groups excluding tert-OH is 1. The Morgan fingerprint density at radius 1 is 1.75 bits per heavy atom. The van der Waals surface area contributed by atoms with Crippen LogP contribution < -0.4 is 5.73 Å². The van der Waals surface area contributed by atoms with Crippen molar-refractivity contribution >= 4 is 5.97 Å². The van der Waals surface area contributed by atoms with E-state index in [-0.39, 0.29) is 12.5 Å². The number of nitrogens with zero attached hydrogens (tertiary/aromatic N) is 2. The molecule has 0 fully saturated rings. The number of aromatic nitrogens is 2. The molecule has 12 heavy (non-hydrogen) atoms. The van der Waals surface area contributed by atoms with Gasteiger partial charge in [-0.3, -0.25) is 0 Å². The molecule has 0 amide bonds. The van der Waals surface area contributed by atoms with E-state index in [0.29, 0.717) is 0 Å². The predicted molar refractivity (Wildman–Crippen MR) is 35.3 cm³/mol. The molecule has 0 saturated heterocycles. The van der Waals surface area contributed by atoms with Gasteiger partial charge < -0.3 is 20.5 Å². The number of carboxylic acid groups (broad SMARTS) is 1. The summed E-state index contributed by atoms with van der Waals surface area (Å²) in [4.78, 5) is 13.7. The summed E-state index contributed by atoms with van der Waals surface area (Å²) in [6, 6.07) is -0.828. The van der Waals surface area contributed by atoms with E-state index in [1.165, 1.54) is 0 Å². The third-order valence-electron chi connectivity index (χ3n) is 1.15. The molecule has 0 aromatic carbocycles. The number of nitrogens with two attached hydrogens (primary N) is 1. The first-order valence-corrected chi connectivity index (χ1v) is 3.08. The minimum atomic E-state index is -1.30. The second-order valence-corrected chi connectivity index (χ2v) is 2.05. The first kappa shape index (κ1) is 8.62. The lowest BCUT2D eigenvalue weighted by atomic mass is 10.3. The lowest BCUT2D eigenvalue weighted by Crippen LogP contribution is -2.15. The van der Waals surface area contributed by atoms with Crippen molar-refractivity contribution in [3.05, 3.63) is 11.7 Å². The zero-order chi connectivity index (χ0) is 9.14. The lowest BCUT2D eigenvalue weighted by Gasteiger charge is -1.97. The van der Waals surface area contributed by atoms with Gasteiger partial charge in [0.05, 0.1) is 6.61 Å². The van der Waals surface area contributed by atoms with Crippen LogP contribution in [0.15, 0.2) is 4.52 Å². The van der Waals surface area contributed by atoms with Crippen LogP contribution in [-0.2, 0) is 0 Å². The van der Waals surface area contributed by atoms with Gasteiger partial charge in [-0.1, -0.05) is 0 Å². The molecule has 0 saturated carbocycles. The number of aliphatic hydroxyl groups is 1. The highest BCUT2D eigenvalue weighted by Crippen LogP contribution is 2.05. The second kappa shape index (κ2) is 3.28. The smallest absolute Gasteiger partial charge is 0.377 e. The molecule has 0 radical (unpaired) electrons. The van der Waals surface area contributed by atoms with E-state index in [9.17, 15) is 4.79 Å². The van der Waals surface area contributed by atoms with E-state index in [2.05, 4.69) is 14.7 Å². The molecular formula is C5H7N3O4. The fourth-order valence-corrected chi connectivity index (χ4v) is 0.551. The number of rotatable bonds is 3. The summed E-state index contributed by atoms with van der Waals surface area (Å²) < 4.78 is 4.45. The predicted octanol–water partition coefficient (Wildman–Crippen LogP) is -1.24. The van der Waals surface area contributed by atoms with Crippen molar-refractivity contribution in [2.24, 2.45) is 5.73 Å². The Kier molecular flexibility index (Phi) is 2.36.